The third-order valence-corrected chi connectivity index (χ3v) is 2.22. The summed E-state index contributed by atoms with van der Waals surface area (Å²) in [4.78, 5) is 11.2. The summed E-state index contributed by atoms with van der Waals surface area (Å²) in [5.41, 5.74) is -0.00115. The van der Waals surface area contributed by atoms with Crippen molar-refractivity contribution in [3.05, 3.63) is 22.7 Å². The molecule has 0 fully saturated rings. The van der Waals surface area contributed by atoms with E-state index in [0.29, 0.717) is 6.61 Å². The number of ketones is 1. The van der Waals surface area contributed by atoms with Crippen molar-refractivity contribution in [1.82, 2.24) is 0 Å². The molecular weight excluding hydrogens is 254 g/mol. The van der Waals surface area contributed by atoms with Gasteiger partial charge in [-0.15, -0.1) is 0 Å². The first-order chi connectivity index (χ1) is 7.95. The number of benzene rings is 1. The van der Waals surface area contributed by atoms with Gasteiger partial charge in [0.25, 0.3) is 0 Å². The van der Waals surface area contributed by atoms with Crippen molar-refractivity contribution in [2.75, 3.05) is 6.61 Å². The van der Waals surface area contributed by atoms with Crippen LogP contribution in [0.25, 0.3) is 0 Å². The van der Waals surface area contributed by atoms with Gasteiger partial charge in [-0.2, -0.15) is 8.78 Å². The summed E-state index contributed by atoms with van der Waals surface area (Å²) in [7, 11) is 0. The van der Waals surface area contributed by atoms with Gasteiger partial charge in [0.05, 0.1) is 17.2 Å². The average molecular weight is 265 g/mol. The van der Waals surface area contributed by atoms with Gasteiger partial charge in [0, 0.05) is 6.07 Å². The number of halogens is 3. The molecule has 1 rings (SSSR count). The summed E-state index contributed by atoms with van der Waals surface area (Å²) >= 11 is 5.84. The first kappa shape index (κ1) is 13.7. The molecule has 0 aromatic heterocycles. The molecule has 0 radical (unpaired) electrons. The van der Waals surface area contributed by atoms with Crippen LogP contribution in [0.5, 0.6) is 11.5 Å². The monoisotopic (exact) mass is 264 g/mol. The summed E-state index contributed by atoms with van der Waals surface area (Å²) in [6.45, 7) is 0.282. The Hall–Kier alpha value is -1.36. The molecule has 0 heterocycles. The quantitative estimate of drug-likeness (QED) is 0.763. The van der Waals surface area contributed by atoms with Crippen molar-refractivity contribution in [3.63, 3.8) is 0 Å². The van der Waals surface area contributed by atoms with Crippen molar-refractivity contribution < 1.29 is 23.0 Å². The number of hydrogen-bond acceptors (Lipinski definition) is 3. The number of rotatable bonds is 5. The second-order valence-electron chi connectivity index (χ2n) is 3.15. The standard InChI is InChI=1S/C11H11ClF2O3/c1-3-16-10-5-9(17-11(13)14)7(6(2)15)4-8(10)12/h4-5,11H,3H2,1-2H3. The number of carbonyl (C=O) groups excluding carboxylic acids is 1. The minimum absolute atomic E-state index is 0.00115. The predicted octanol–water partition coefficient (Wildman–Crippen LogP) is 3.54. The Balaban J connectivity index is 3.21. The number of alkyl halides is 2. The van der Waals surface area contributed by atoms with Crippen LogP contribution in [0.2, 0.25) is 5.02 Å². The van der Waals surface area contributed by atoms with Crippen molar-refractivity contribution in [1.29, 1.82) is 0 Å². The van der Waals surface area contributed by atoms with Crippen LogP contribution in [0.1, 0.15) is 24.2 Å². The Morgan fingerprint density at radius 1 is 1.41 bits per heavy atom. The molecular formula is C11H11ClF2O3. The van der Waals surface area contributed by atoms with E-state index >= 15 is 0 Å². The number of ether oxygens (including phenoxy) is 2. The fourth-order valence-corrected chi connectivity index (χ4v) is 1.49. The molecule has 0 saturated heterocycles. The molecule has 0 N–H and O–H groups in total. The lowest BCUT2D eigenvalue weighted by molar-refractivity contribution is -0.0502. The van der Waals surface area contributed by atoms with E-state index in [-0.39, 0.29) is 22.1 Å². The van der Waals surface area contributed by atoms with E-state index in [4.69, 9.17) is 16.3 Å². The van der Waals surface area contributed by atoms with Gasteiger partial charge in [0.15, 0.2) is 5.78 Å². The van der Waals surface area contributed by atoms with E-state index in [9.17, 15) is 13.6 Å². The molecule has 0 saturated carbocycles. The molecule has 0 bridgehead atoms. The van der Waals surface area contributed by atoms with Gasteiger partial charge in [0.2, 0.25) is 0 Å². The van der Waals surface area contributed by atoms with Gasteiger partial charge >= 0.3 is 6.61 Å². The average Bonchev–Trinajstić information content (AvgIpc) is 2.21. The van der Waals surface area contributed by atoms with Crippen LogP contribution in [0.4, 0.5) is 8.78 Å². The van der Waals surface area contributed by atoms with E-state index in [1.807, 2.05) is 0 Å². The second-order valence-corrected chi connectivity index (χ2v) is 3.55. The van der Waals surface area contributed by atoms with E-state index in [2.05, 4.69) is 4.74 Å². The van der Waals surface area contributed by atoms with Crippen LogP contribution in [0.3, 0.4) is 0 Å². The molecule has 0 unspecified atom stereocenters. The van der Waals surface area contributed by atoms with E-state index in [1.165, 1.54) is 19.1 Å². The number of carbonyl (C=O) groups is 1. The molecule has 94 valence electrons. The van der Waals surface area contributed by atoms with Gasteiger partial charge in [0.1, 0.15) is 11.5 Å². The minimum Gasteiger partial charge on any atom is -0.492 e. The lowest BCUT2D eigenvalue weighted by Crippen LogP contribution is -2.07. The maximum atomic E-state index is 12.2. The highest BCUT2D eigenvalue weighted by molar-refractivity contribution is 6.32. The van der Waals surface area contributed by atoms with Crippen LogP contribution in [-0.2, 0) is 0 Å². The Morgan fingerprint density at radius 2 is 2.06 bits per heavy atom. The molecule has 6 heteroatoms. The highest BCUT2D eigenvalue weighted by atomic mass is 35.5. The van der Waals surface area contributed by atoms with Crippen molar-refractivity contribution in [2.24, 2.45) is 0 Å². The fourth-order valence-electron chi connectivity index (χ4n) is 1.27. The van der Waals surface area contributed by atoms with Crippen molar-refractivity contribution >= 4 is 17.4 Å². The normalized spacial score (nSPS) is 10.5. The number of Topliss-reactive ketones (excluding diaryl/α,β-unsaturated/α-hetero) is 1. The Morgan fingerprint density at radius 3 is 2.53 bits per heavy atom. The zero-order valence-electron chi connectivity index (χ0n) is 9.30. The summed E-state index contributed by atoms with van der Waals surface area (Å²) in [5, 5.41) is 0.179. The third-order valence-electron chi connectivity index (χ3n) is 1.93. The highest BCUT2D eigenvalue weighted by Gasteiger charge is 2.17. The highest BCUT2D eigenvalue weighted by Crippen LogP contribution is 2.33. The molecule has 17 heavy (non-hydrogen) atoms. The van der Waals surface area contributed by atoms with Crippen LogP contribution >= 0.6 is 11.6 Å². The second kappa shape index (κ2) is 5.82. The minimum atomic E-state index is -3.01. The summed E-state index contributed by atoms with van der Waals surface area (Å²) in [5.74, 6) is -0.444. The van der Waals surface area contributed by atoms with Gasteiger partial charge < -0.3 is 9.47 Å². The first-order valence-electron chi connectivity index (χ1n) is 4.87. The van der Waals surface area contributed by atoms with Crippen LogP contribution < -0.4 is 9.47 Å². The molecule has 3 nitrogen and oxygen atoms in total. The van der Waals surface area contributed by atoms with E-state index in [1.54, 1.807) is 6.92 Å². The van der Waals surface area contributed by atoms with Gasteiger partial charge in [-0.3, -0.25) is 4.79 Å². The molecule has 0 atom stereocenters. The van der Waals surface area contributed by atoms with Crippen molar-refractivity contribution in [2.45, 2.75) is 20.5 Å². The van der Waals surface area contributed by atoms with Crippen LogP contribution in [-0.4, -0.2) is 19.0 Å². The number of hydrogen-bond donors (Lipinski definition) is 0. The lowest BCUT2D eigenvalue weighted by atomic mass is 10.1. The Kier molecular flexibility index (Phi) is 4.69. The first-order valence-corrected chi connectivity index (χ1v) is 5.25. The largest absolute Gasteiger partial charge is 0.492 e. The smallest absolute Gasteiger partial charge is 0.387 e. The van der Waals surface area contributed by atoms with Gasteiger partial charge in [-0.25, -0.2) is 0 Å². The molecule has 0 amide bonds. The molecule has 0 aliphatic carbocycles. The fraction of sp³-hybridized carbons (Fsp3) is 0.364. The molecule has 1 aromatic rings. The topological polar surface area (TPSA) is 35.5 Å². The maximum Gasteiger partial charge on any atom is 0.387 e. The Labute approximate surface area is 102 Å². The maximum absolute atomic E-state index is 12.2. The van der Waals surface area contributed by atoms with Gasteiger partial charge in [-0.1, -0.05) is 11.6 Å². The third kappa shape index (κ3) is 3.56. The zero-order valence-corrected chi connectivity index (χ0v) is 10.1. The molecule has 0 spiro atoms. The lowest BCUT2D eigenvalue weighted by Gasteiger charge is -2.12. The van der Waals surface area contributed by atoms with E-state index in [0.717, 1.165) is 0 Å². The SMILES string of the molecule is CCOc1cc(OC(F)F)c(C(C)=O)cc1Cl. The van der Waals surface area contributed by atoms with Gasteiger partial charge in [-0.05, 0) is 19.9 Å². The van der Waals surface area contributed by atoms with Crippen molar-refractivity contribution in [3.8, 4) is 11.5 Å². The summed E-state index contributed by atoms with van der Waals surface area (Å²) in [6, 6.07) is 2.45. The molecule has 0 aliphatic heterocycles. The summed E-state index contributed by atoms with van der Waals surface area (Å²) in [6.07, 6.45) is 0. The van der Waals surface area contributed by atoms with Crippen LogP contribution in [0, 0.1) is 0 Å². The summed E-state index contributed by atoms with van der Waals surface area (Å²) < 4.78 is 33.7. The predicted molar refractivity (Wildman–Crippen MR) is 59.3 cm³/mol. The van der Waals surface area contributed by atoms with Crippen LogP contribution in [0.15, 0.2) is 12.1 Å². The Bertz CT molecular complexity index is 421. The molecule has 0 aliphatic rings. The molecule has 1 aromatic carbocycles. The zero-order chi connectivity index (χ0) is 13.0. The van der Waals surface area contributed by atoms with E-state index < -0.39 is 12.4 Å².